The summed E-state index contributed by atoms with van der Waals surface area (Å²) < 4.78 is 65.8. The molecule has 0 aliphatic rings. The lowest BCUT2D eigenvalue weighted by Gasteiger charge is -2.22. The van der Waals surface area contributed by atoms with Crippen molar-refractivity contribution in [2.45, 2.75) is 30.6 Å². The van der Waals surface area contributed by atoms with Gasteiger partial charge in [0.2, 0.25) is 10.0 Å². The van der Waals surface area contributed by atoms with Gasteiger partial charge in [0.25, 0.3) is 0 Å². The molecular weight excluding hydrogens is 353 g/mol. The van der Waals surface area contributed by atoms with Crippen LogP contribution in [0.25, 0.3) is 0 Å². The van der Waals surface area contributed by atoms with E-state index in [0.29, 0.717) is 5.56 Å². The molecule has 2 aromatic carbocycles. The maximum absolute atomic E-state index is 13.2. The van der Waals surface area contributed by atoms with Crippen molar-refractivity contribution in [3.8, 4) is 0 Å². The summed E-state index contributed by atoms with van der Waals surface area (Å²) in [4.78, 5) is -0.0675. The van der Waals surface area contributed by atoms with Crippen molar-refractivity contribution in [1.82, 2.24) is 10.0 Å². The zero-order valence-corrected chi connectivity index (χ0v) is 14.4. The molecule has 2 N–H and O–H groups in total. The summed E-state index contributed by atoms with van der Waals surface area (Å²) in [7, 11) is -4.01. The minimum Gasteiger partial charge on any atom is -0.301 e. The Morgan fingerprint density at radius 2 is 1.60 bits per heavy atom. The van der Waals surface area contributed by atoms with Crippen LogP contribution < -0.4 is 10.0 Å². The summed E-state index contributed by atoms with van der Waals surface area (Å²) in [5.74, 6) is 0. The second-order valence-electron chi connectivity index (χ2n) is 5.63. The molecule has 0 aliphatic carbocycles. The molecule has 0 saturated carbocycles. The molecule has 1 atom stereocenters. The van der Waals surface area contributed by atoms with Crippen LogP contribution >= 0.6 is 0 Å². The molecule has 0 aromatic heterocycles. The van der Waals surface area contributed by atoms with Gasteiger partial charge >= 0.3 is 6.18 Å². The molecule has 0 spiro atoms. The zero-order chi connectivity index (χ0) is 18.5. The van der Waals surface area contributed by atoms with E-state index >= 15 is 0 Å². The van der Waals surface area contributed by atoms with Crippen LogP contribution in [0, 0.1) is 6.92 Å². The fourth-order valence-electron chi connectivity index (χ4n) is 2.13. The molecule has 1 unspecified atom stereocenters. The lowest BCUT2D eigenvalue weighted by atomic mass is 10.2. The largest absolute Gasteiger partial charge is 0.405 e. The van der Waals surface area contributed by atoms with Gasteiger partial charge in [0.15, 0.2) is 0 Å². The monoisotopic (exact) mass is 372 g/mol. The highest BCUT2D eigenvalue weighted by atomic mass is 32.2. The first-order chi connectivity index (χ1) is 11.7. The SMILES string of the molecule is Cc1ccc(S(=O)(=O)NCC(NCc2ccccc2)C(F)(F)F)cc1. The number of nitrogens with one attached hydrogen (secondary N) is 2. The van der Waals surface area contributed by atoms with Gasteiger partial charge in [-0.1, -0.05) is 48.0 Å². The third-order valence-corrected chi connectivity index (χ3v) is 5.04. The molecule has 8 heteroatoms. The van der Waals surface area contributed by atoms with Crippen LogP contribution in [-0.2, 0) is 16.6 Å². The van der Waals surface area contributed by atoms with Crippen molar-refractivity contribution in [3.05, 3.63) is 65.7 Å². The molecule has 0 radical (unpaired) electrons. The molecule has 2 rings (SSSR count). The minimum absolute atomic E-state index is 0.0166. The number of rotatable bonds is 7. The van der Waals surface area contributed by atoms with E-state index in [1.807, 2.05) is 4.72 Å². The first-order valence-corrected chi connectivity index (χ1v) is 9.07. The van der Waals surface area contributed by atoms with Gasteiger partial charge in [0, 0.05) is 13.1 Å². The van der Waals surface area contributed by atoms with Gasteiger partial charge in [-0.05, 0) is 24.6 Å². The van der Waals surface area contributed by atoms with Crippen LogP contribution in [-0.4, -0.2) is 27.2 Å². The predicted octanol–water partition coefficient (Wildman–Crippen LogP) is 2.99. The number of hydrogen-bond acceptors (Lipinski definition) is 3. The highest BCUT2D eigenvalue weighted by Gasteiger charge is 2.39. The summed E-state index contributed by atoms with van der Waals surface area (Å²) in [6.07, 6.45) is -4.58. The summed E-state index contributed by atoms with van der Waals surface area (Å²) in [5, 5.41) is 2.36. The summed E-state index contributed by atoms with van der Waals surface area (Å²) in [5.41, 5.74) is 1.54. The lowest BCUT2D eigenvalue weighted by molar-refractivity contribution is -0.154. The number of benzene rings is 2. The van der Waals surface area contributed by atoms with E-state index in [4.69, 9.17) is 0 Å². The number of alkyl halides is 3. The molecule has 0 saturated heterocycles. The molecule has 0 aliphatic heterocycles. The van der Waals surface area contributed by atoms with Crippen LogP contribution in [0.4, 0.5) is 13.2 Å². The highest BCUT2D eigenvalue weighted by Crippen LogP contribution is 2.21. The predicted molar refractivity (Wildman–Crippen MR) is 89.5 cm³/mol. The third kappa shape index (κ3) is 5.84. The van der Waals surface area contributed by atoms with Crippen LogP contribution in [0.3, 0.4) is 0 Å². The van der Waals surface area contributed by atoms with Gasteiger partial charge in [-0.25, -0.2) is 13.1 Å². The molecule has 0 heterocycles. The number of sulfonamides is 1. The van der Waals surface area contributed by atoms with E-state index in [2.05, 4.69) is 5.32 Å². The van der Waals surface area contributed by atoms with Gasteiger partial charge in [-0.15, -0.1) is 0 Å². The van der Waals surface area contributed by atoms with E-state index < -0.39 is 28.8 Å². The van der Waals surface area contributed by atoms with Gasteiger partial charge in [0.1, 0.15) is 6.04 Å². The number of aryl methyl sites for hydroxylation is 1. The van der Waals surface area contributed by atoms with Crippen molar-refractivity contribution in [2.24, 2.45) is 0 Å². The molecule has 0 amide bonds. The van der Waals surface area contributed by atoms with Crippen molar-refractivity contribution >= 4 is 10.0 Å². The van der Waals surface area contributed by atoms with E-state index in [0.717, 1.165) is 5.56 Å². The van der Waals surface area contributed by atoms with Crippen LogP contribution in [0.15, 0.2) is 59.5 Å². The molecule has 25 heavy (non-hydrogen) atoms. The standard InChI is InChI=1S/C17H19F3N2O2S/c1-13-7-9-15(10-8-13)25(23,24)22-12-16(17(18,19)20)21-11-14-5-3-2-4-6-14/h2-10,16,21-22H,11-12H2,1H3. The zero-order valence-electron chi connectivity index (χ0n) is 13.5. The Balaban J connectivity index is 2.03. The van der Waals surface area contributed by atoms with Crippen molar-refractivity contribution in [2.75, 3.05) is 6.54 Å². The Morgan fingerprint density at radius 3 is 2.16 bits per heavy atom. The average molecular weight is 372 g/mol. The summed E-state index contributed by atoms with van der Waals surface area (Å²) in [6.45, 7) is 0.987. The van der Waals surface area contributed by atoms with Crippen LogP contribution in [0.2, 0.25) is 0 Å². The highest BCUT2D eigenvalue weighted by molar-refractivity contribution is 7.89. The third-order valence-electron chi connectivity index (χ3n) is 3.60. The first kappa shape index (κ1) is 19.4. The Kier molecular flexibility index (Phi) is 6.21. The summed E-state index contributed by atoms with van der Waals surface area (Å²) in [6, 6.07) is 12.5. The van der Waals surface area contributed by atoms with Crippen LogP contribution in [0.1, 0.15) is 11.1 Å². The van der Waals surface area contributed by atoms with Gasteiger partial charge < -0.3 is 5.32 Å². The molecule has 0 fully saturated rings. The Labute approximate surface area is 145 Å². The summed E-state index contributed by atoms with van der Waals surface area (Å²) >= 11 is 0. The maximum atomic E-state index is 13.2. The fourth-order valence-corrected chi connectivity index (χ4v) is 3.18. The lowest BCUT2D eigenvalue weighted by Crippen LogP contribution is -2.49. The first-order valence-electron chi connectivity index (χ1n) is 7.59. The Bertz CT molecular complexity index is 776. The van der Waals surface area contributed by atoms with Crippen molar-refractivity contribution in [1.29, 1.82) is 0 Å². The smallest absolute Gasteiger partial charge is 0.301 e. The normalized spacial score (nSPS) is 13.6. The second kappa shape index (κ2) is 7.99. The van der Waals surface area contributed by atoms with Gasteiger partial charge in [-0.2, -0.15) is 13.2 Å². The second-order valence-corrected chi connectivity index (χ2v) is 7.39. The average Bonchev–Trinajstić information content (AvgIpc) is 2.55. The van der Waals surface area contributed by atoms with Gasteiger partial charge in [0.05, 0.1) is 4.90 Å². The molecule has 2 aromatic rings. The number of halogens is 3. The minimum atomic E-state index is -4.58. The quantitative estimate of drug-likeness (QED) is 0.786. The Morgan fingerprint density at radius 1 is 1.00 bits per heavy atom. The van der Waals surface area contributed by atoms with Gasteiger partial charge in [-0.3, -0.25) is 0 Å². The van der Waals surface area contributed by atoms with Crippen LogP contribution in [0.5, 0.6) is 0 Å². The number of hydrogen-bond donors (Lipinski definition) is 2. The van der Waals surface area contributed by atoms with Crippen molar-refractivity contribution in [3.63, 3.8) is 0 Å². The van der Waals surface area contributed by atoms with Crippen molar-refractivity contribution < 1.29 is 21.6 Å². The Hall–Kier alpha value is -1.90. The van der Waals surface area contributed by atoms with E-state index in [-0.39, 0.29) is 11.4 Å². The maximum Gasteiger partial charge on any atom is 0.405 e. The van der Waals surface area contributed by atoms with E-state index in [1.165, 1.54) is 12.1 Å². The molecule has 4 nitrogen and oxygen atoms in total. The molecular formula is C17H19F3N2O2S. The van der Waals surface area contributed by atoms with E-state index in [1.54, 1.807) is 49.4 Å². The van der Waals surface area contributed by atoms with E-state index in [9.17, 15) is 21.6 Å². The fraction of sp³-hybridized carbons (Fsp3) is 0.294. The molecule has 136 valence electrons. The topological polar surface area (TPSA) is 58.2 Å². The molecule has 0 bridgehead atoms.